The monoisotopic (exact) mass is 292 g/mol. The summed E-state index contributed by atoms with van der Waals surface area (Å²) < 4.78 is 20.4. The minimum absolute atomic E-state index is 0. The molecular formula is C16H13NaO2S. The van der Waals surface area contributed by atoms with E-state index in [9.17, 15) is 8.76 Å². The van der Waals surface area contributed by atoms with Crippen LogP contribution in [0.1, 0.15) is 0 Å². The summed E-state index contributed by atoms with van der Waals surface area (Å²) in [5.74, 6) is 0. The maximum absolute atomic E-state index is 10.2. The summed E-state index contributed by atoms with van der Waals surface area (Å²) in [4.78, 5) is 0.331. The standard InChI is InChI=1S/C10H8.C6H6O2S.Na/c1-2-6-10-8-4-3-7-9(10)5-1;7-9(8)6-4-2-1-3-5-6;/h1-8H;1-5H,(H,7,8);/q;;+1/p-1. The van der Waals surface area contributed by atoms with E-state index in [0.29, 0.717) is 4.90 Å². The van der Waals surface area contributed by atoms with Crippen molar-refractivity contribution < 1.29 is 38.3 Å². The van der Waals surface area contributed by atoms with Crippen molar-refractivity contribution >= 4 is 21.9 Å². The van der Waals surface area contributed by atoms with Crippen LogP contribution in [0.3, 0.4) is 0 Å². The molecule has 0 aliphatic carbocycles. The van der Waals surface area contributed by atoms with Crippen molar-refractivity contribution in [1.82, 2.24) is 0 Å². The van der Waals surface area contributed by atoms with Crippen LogP contribution < -0.4 is 29.6 Å². The number of fused-ring (bicyclic) bond motifs is 1. The summed E-state index contributed by atoms with van der Waals surface area (Å²) in [6.45, 7) is 0. The molecule has 0 amide bonds. The molecule has 0 fully saturated rings. The van der Waals surface area contributed by atoms with Gasteiger partial charge in [-0.05, 0) is 34.0 Å². The average Bonchev–Trinajstić information content (AvgIpc) is 2.49. The minimum Gasteiger partial charge on any atom is -0.768 e. The van der Waals surface area contributed by atoms with Crippen LogP contribution in [-0.4, -0.2) is 8.76 Å². The number of benzene rings is 3. The Kier molecular flexibility index (Phi) is 7.73. The molecule has 20 heavy (non-hydrogen) atoms. The van der Waals surface area contributed by atoms with Crippen molar-refractivity contribution in [3.8, 4) is 0 Å². The normalized spacial score (nSPS) is 10.8. The second kappa shape index (κ2) is 9.06. The van der Waals surface area contributed by atoms with Crippen LogP contribution in [0.25, 0.3) is 10.8 Å². The average molecular weight is 292 g/mol. The molecule has 0 bridgehead atoms. The third-order valence-corrected chi connectivity index (χ3v) is 3.25. The van der Waals surface area contributed by atoms with Gasteiger partial charge in [0.05, 0.1) is 0 Å². The van der Waals surface area contributed by atoms with Crippen LogP contribution in [0.15, 0.2) is 83.8 Å². The Morgan fingerprint density at radius 1 is 0.650 bits per heavy atom. The van der Waals surface area contributed by atoms with Crippen molar-refractivity contribution in [2.24, 2.45) is 0 Å². The molecule has 0 N–H and O–H groups in total. The fourth-order valence-corrected chi connectivity index (χ4v) is 2.04. The first-order valence-electron chi connectivity index (χ1n) is 5.85. The summed E-state index contributed by atoms with van der Waals surface area (Å²) in [6, 6.07) is 24.9. The smallest absolute Gasteiger partial charge is 0.768 e. The molecule has 96 valence electrons. The predicted octanol–water partition coefficient (Wildman–Crippen LogP) is 0.768. The molecule has 0 aromatic heterocycles. The molecule has 0 saturated carbocycles. The van der Waals surface area contributed by atoms with Gasteiger partial charge >= 0.3 is 29.6 Å². The number of rotatable bonds is 1. The van der Waals surface area contributed by atoms with Gasteiger partial charge in [0.25, 0.3) is 0 Å². The van der Waals surface area contributed by atoms with E-state index in [-0.39, 0.29) is 29.6 Å². The fraction of sp³-hybridized carbons (Fsp3) is 0. The number of hydrogen-bond acceptors (Lipinski definition) is 2. The Bertz CT molecular complexity index is 606. The summed E-state index contributed by atoms with van der Waals surface area (Å²) >= 11 is -2.08. The van der Waals surface area contributed by atoms with Crippen LogP contribution in [0.4, 0.5) is 0 Å². The van der Waals surface area contributed by atoms with E-state index >= 15 is 0 Å². The molecule has 0 spiro atoms. The molecule has 3 aromatic carbocycles. The van der Waals surface area contributed by atoms with Gasteiger partial charge in [-0.1, -0.05) is 66.7 Å². The molecule has 0 heterocycles. The molecule has 1 atom stereocenters. The quantitative estimate of drug-likeness (QED) is 0.491. The largest absolute Gasteiger partial charge is 1.00 e. The van der Waals surface area contributed by atoms with E-state index in [1.165, 1.54) is 10.8 Å². The second-order valence-corrected chi connectivity index (χ2v) is 4.84. The summed E-state index contributed by atoms with van der Waals surface area (Å²) in [5.41, 5.74) is 0. The van der Waals surface area contributed by atoms with E-state index in [1.807, 2.05) is 0 Å². The summed E-state index contributed by atoms with van der Waals surface area (Å²) in [6.07, 6.45) is 0. The van der Waals surface area contributed by atoms with E-state index in [1.54, 1.807) is 30.3 Å². The van der Waals surface area contributed by atoms with Crippen molar-refractivity contribution in [1.29, 1.82) is 0 Å². The molecule has 0 saturated heterocycles. The van der Waals surface area contributed by atoms with Crippen LogP contribution in [0.5, 0.6) is 0 Å². The molecule has 3 aromatic rings. The van der Waals surface area contributed by atoms with E-state index < -0.39 is 11.1 Å². The van der Waals surface area contributed by atoms with Gasteiger partial charge < -0.3 is 4.55 Å². The van der Waals surface area contributed by atoms with Crippen LogP contribution >= 0.6 is 0 Å². The van der Waals surface area contributed by atoms with Gasteiger partial charge in [-0.2, -0.15) is 0 Å². The molecule has 0 aliphatic rings. The third-order valence-electron chi connectivity index (χ3n) is 2.59. The van der Waals surface area contributed by atoms with Gasteiger partial charge in [-0.15, -0.1) is 0 Å². The molecule has 4 heteroatoms. The first-order valence-corrected chi connectivity index (χ1v) is 6.93. The van der Waals surface area contributed by atoms with Crippen molar-refractivity contribution in [2.75, 3.05) is 0 Å². The molecule has 0 radical (unpaired) electrons. The Labute approximate surface area is 143 Å². The molecule has 0 aliphatic heterocycles. The maximum atomic E-state index is 10.2. The van der Waals surface area contributed by atoms with Gasteiger partial charge in [-0.25, -0.2) is 0 Å². The van der Waals surface area contributed by atoms with E-state index in [2.05, 4.69) is 48.5 Å². The predicted molar refractivity (Wildman–Crippen MR) is 77.6 cm³/mol. The maximum Gasteiger partial charge on any atom is 1.00 e. The Morgan fingerprint density at radius 2 is 1.00 bits per heavy atom. The molecule has 2 nitrogen and oxygen atoms in total. The number of hydrogen-bond donors (Lipinski definition) is 0. The SMILES string of the molecule is O=S([O-])c1ccccc1.[Na+].c1ccc2ccccc2c1. The second-order valence-electron chi connectivity index (χ2n) is 3.89. The van der Waals surface area contributed by atoms with E-state index in [0.717, 1.165) is 0 Å². The summed E-state index contributed by atoms with van der Waals surface area (Å²) in [7, 11) is 0. The zero-order valence-electron chi connectivity index (χ0n) is 11.2. The Hall–Kier alpha value is -0.970. The summed E-state index contributed by atoms with van der Waals surface area (Å²) in [5, 5.41) is 2.62. The Balaban J connectivity index is 0.000000192. The topological polar surface area (TPSA) is 40.1 Å². The van der Waals surface area contributed by atoms with Gasteiger partial charge in [0.15, 0.2) is 0 Å². The minimum atomic E-state index is -2.08. The van der Waals surface area contributed by atoms with Gasteiger partial charge in [-0.3, -0.25) is 4.21 Å². The molecule has 3 rings (SSSR count). The van der Waals surface area contributed by atoms with Crippen LogP contribution in [0.2, 0.25) is 0 Å². The third kappa shape index (κ3) is 5.19. The molecule has 1 unspecified atom stereocenters. The van der Waals surface area contributed by atoms with Crippen LogP contribution in [-0.2, 0) is 11.1 Å². The molecular weight excluding hydrogens is 279 g/mol. The van der Waals surface area contributed by atoms with E-state index in [4.69, 9.17) is 0 Å². The van der Waals surface area contributed by atoms with Gasteiger partial charge in [0, 0.05) is 4.90 Å². The van der Waals surface area contributed by atoms with Crippen LogP contribution in [0, 0.1) is 0 Å². The fourth-order valence-electron chi connectivity index (χ4n) is 1.66. The van der Waals surface area contributed by atoms with Gasteiger partial charge in [0.2, 0.25) is 0 Å². The Morgan fingerprint density at radius 3 is 1.30 bits per heavy atom. The zero-order chi connectivity index (χ0) is 13.5. The van der Waals surface area contributed by atoms with Crippen molar-refractivity contribution in [3.05, 3.63) is 78.9 Å². The van der Waals surface area contributed by atoms with Crippen molar-refractivity contribution in [3.63, 3.8) is 0 Å². The van der Waals surface area contributed by atoms with Crippen molar-refractivity contribution in [2.45, 2.75) is 4.90 Å². The first kappa shape index (κ1) is 17.1. The van der Waals surface area contributed by atoms with Gasteiger partial charge in [0.1, 0.15) is 0 Å². The zero-order valence-corrected chi connectivity index (χ0v) is 14.0. The first-order chi connectivity index (χ1) is 9.27.